The van der Waals surface area contributed by atoms with Crippen LogP contribution >= 0.6 is 11.3 Å². The summed E-state index contributed by atoms with van der Waals surface area (Å²) >= 11 is 1.09. The van der Waals surface area contributed by atoms with E-state index in [4.69, 9.17) is 0 Å². The third-order valence-corrected chi connectivity index (χ3v) is 5.63. The number of rotatable bonds is 5. The normalized spacial score (nSPS) is 14.3. The van der Waals surface area contributed by atoms with Crippen molar-refractivity contribution in [2.24, 2.45) is 7.05 Å². The number of aromatic nitrogens is 3. The Morgan fingerprint density at radius 3 is 2.35 bits per heavy atom. The molecule has 10 heteroatoms. The van der Waals surface area contributed by atoms with Gasteiger partial charge in [-0.05, 0) is 11.0 Å². The minimum Gasteiger partial charge on any atom is -0.374 e. The molecule has 2 heterocycles. The Bertz CT molecular complexity index is 1070. The van der Waals surface area contributed by atoms with Crippen molar-refractivity contribution in [2.45, 2.75) is 44.4 Å². The predicted octanol–water partition coefficient (Wildman–Crippen LogP) is 4.62. The van der Waals surface area contributed by atoms with Crippen molar-refractivity contribution in [3.8, 4) is 11.3 Å². The minimum atomic E-state index is -5.09. The third kappa shape index (κ3) is 4.80. The maximum Gasteiger partial charge on any atom is 0.425 e. The second-order valence-corrected chi connectivity index (χ2v) is 9.17. The van der Waals surface area contributed by atoms with E-state index in [0.717, 1.165) is 33.2 Å². The Morgan fingerprint density at radius 1 is 1.19 bits per heavy atom. The first-order valence-corrected chi connectivity index (χ1v) is 10.3. The summed E-state index contributed by atoms with van der Waals surface area (Å²) in [6.45, 7) is 6.31. The molecule has 2 N–H and O–H groups in total. The first kappa shape index (κ1) is 23.0. The molecule has 0 aliphatic heterocycles. The maximum atomic E-state index is 13.6. The molecular weight excluding hydrogens is 429 g/mol. The number of carbonyl (C=O) groups is 1. The van der Waals surface area contributed by atoms with Crippen LogP contribution in [0.5, 0.6) is 0 Å². The fraction of sp³-hybridized carbons (Fsp3) is 0.381. The predicted molar refractivity (Wildman–Crippen MR) is 113 cm³/mol. The summed E-state index contributed by atoms with van der Waals surface area (Å²) < 4.78 is 41.8. The lowest BCUT2D eigenvalue weighted by Crippen LogP contribution is -2.46. The van der Waals surface area contributed by atoms with Crippen molar-refractivity contribution in [2.75, 3.05) is 5.32 Å². The zero-order chi connectivity index (χ0) is 23.0. The molecule has 3 rings (SSSR count). The first-order valence-electron chi connectivity index (χ1n) is 9.44. The molecule has 2 aromatic heterocycles. The van der Waals surface area contributed by atoms with Gasteiger partial charge in [0.2, 0.25) is 11.5 Å². The number of nitrogens with one attached hydrogen (secondary N) is 1. The second-order valence-electron chi connectivity index (χ2n) is 8.31. The van der Waals surface area contributed by atoms with Gasteiger partial charge >= 0.3 is 6.18 Å². The van der Waals surface area contributed by atoms with E-state index < -0.39 is 29.9 Å². The number of benzene rings is 1. The van der Waals surface area contributed by atoms with Crippen LogP contribution in [0, 0.1) is 0 Å². The van der Waals surface area contributed by atoms with Crippen LogP contribution in [-0.4, -0.2) is 31.7 Å². The molecule has 1 aromatic carbocycles. The number of thiazole rings is 1. The lowest BCUT2D eigenvalue weighted by atomic mass is 9.86. The van der Waals surface area contributed by atoms with E-state index in [-0.39, 0.29) is 10.5 Å². The molecule has 0 unspecified atom stereocenters. The SMILES string of the molecule is Cn1ccnc1[C@@](O)(CC(=O)Nc1nc(-c2ccc(C(C)(C)C)cc2)cs1)C(F)(F)F. The van der Waals surface area contributed by atoms with Crippen molar-refractivity contribution in [1.29, 1.82) is 0 Å². The number of anilines is 1. The van der Waals surface area contributed by atoms with Gasteiger partial charge in [-0.1, -0.05) is 45.0 Å². The number of aliphatic hydroxyl groups is 1. The van der Waals surface area contributed by atoms with Crippen molar-refractivity contribution < 1.29 is 23.1 Å². The summed E-state index contributed by atoms with van der Waals surface area (Å²) in [4.78, 5) is 20.2. The quantitative estimate of drug-likeness (QED) is 0.592. The number of amides is 1. The topological polar surface area (TPSA) is 80.0 Å². The summed E-state index contributed by atoms with van der Waals surface area (Å²) in [5, 5.41) is 14.5. The van der Waals surface area contributed by atoms with E-state index in [1.807, 2.05) is 24.3 Å². The Morgan fingerprint density at radius 2 is 1.84 bits per heavy atom. The van der Waals surface area contributed by atoms with Gasteiger partial charge in [0, 0.05) is 30.4 Å². The number of imidazole rings is 1. The molecule has 6 nitrogen and oxygen atoms in total. The van der Waals surface area contributed by atoms with E-state index in [2.05, 4.69) is 36.1 Å². The van der Waals surface area contributed by atoms with Gasteiger partial charge in [-0.25, -0.2) is 9.97 Å². The Hall–Kier alpha value is -2.72. The summed E-state index contributed by atoms with van der Waals surface area (Å²) in [5.41, 5.74) is -0.846. The van der Waals surface area contributed by atoms with Gasteiger partial charge in [0.05, 0.1) is 12.1 Å². The van der Waals surface area contributed by atoms with Crippen molar-refractivity contribution in [1.82, 2.24) is 14.5 Å². The van der Waals surface area contributed by atoms with Crippen molar-refractivity contribution >= 4 is 22.4 Å². The molecule has 0 spiro atoms. The lowest BCUT2D eigenvalue weighted by molar-refractivity contribution is -0.270. The smallest absolute Gasteiger partial charge is 0.374 e. The number of halogens is 3. The molecule has 1 atom stereocenters. The molecule has 0 saturated heterocycles. The monoisotopic (exact) mass is 452 g/mol. The number of alkyl halides is 3. The van der Waals surface area contributed by atoms with Gasteiger partial charge in [-0.2, -0.15) is 13.2 Å². The van der Waals surface area contributed by atoms with Crippen LogP contribution in [0.4, 0.5) is 18.3 Å². The zero-order valence-electron chi connectivity index (χ0n) is 17.5. The van der Waals surface area contributed by atoms with Crippen molar-refractivity contribution in [3.63, 3.8) is 0 Å². The molecule has 0 bridgehead atoms. The zero-order valence-corrected chi connectivity index (χ0v) is 18.3. The molecule has 0 fully saturated rings. The van der Waals surface area contributed by atoms with Crippen LogP contribution in [0.25, 0.3) is 11.3 Å². The largest absolute Gasteiger partial charge is 0.425 e. The second kappa shape index (κ2) is 8.08. The Labute approximate surface area is 181 Å². The van der Waals surface area contributed by atoms with E-state index in [1.165, 1.54) is 13.2 Å². The molecule has 3 aromatic rings. The number of hydrogen-bond donors (Lipinski definition) is 2. The molecule has 0 aliphatic rings. The van der Waals surface area contributed by atoms with Crippen LogP contribution in [0.15, 0.2) is 42.0 Å². The molecule has 31 heavy (non-hydrogen) atoms. The van der Waals surface area contributed by atoms with Gasteiger partial charge in [-0.3, -0.25) is 4.79 Å². The highest BCUT2D eigenvalue weighted by molar-refractivity contribution is 7.14. The van der Waals surface area contributed by atoms with Gasteiger partial charge in [0.15, 0.2) is 11.0 Å². The summed E-state index contributed by atoms with van der Waals surface area (Å²) in [7, 11) is 1.31. The van der Waals surface area contributed by atoms with Gasteiger partial charge < -0.3 is 15.0 Å². The van der Waals surface area contributed by atoms with Crippen LogP contribution < -0.4 is 5.32 Å². The standard InChI is InChI=1S/C21H23F3N4O2S/c1-19(2,3)14-7-5-13(6-8-14)15-12-31-18(26-15)27-16(29)11-20(30,21(22,23)24)17-25-9-10-28(17)4/h5-10,12,30H,11H2,1-4H3,(H,26,27,29)/t20-/m0/s1. The molecule has 0 aliphatic carbocycles. The average molecular weight is 453 g/mol. The first-order chi connectivity index (χ1) is 14.3. The molecule has 166 valence electrons. The van der Waals surface area contributed by atoms with Gasteiger partial charge in [-0.15, -0.1) is 11.3 Å². The van der Waals surface area contributed by atoms with E-state index >= 15 is 0 Å². The highest BCUT2D eigenvalue weighted by Gasteiger charge is 2.58. The fourth-order valence-corrected chi connectivity index (χ4v) is 3.81. The van der Waals surface area contributed by atoms with Crippen LogP contribution in [0.1, 0.15) is 38.6 Å². The van der Waals surface area contributed by atoms with Gasteiger partial charge in [0.1, 0.15) is 0 Å². The average Bonchev–Trinajstić information content (AvgIpc) is 3.29. The highest BCUT2D eigenvalue weighted by atomic mass is 32.1. The van der Waals surface area contributed by atoms with Crippen molar-refractivity contribution in [3.05, 3.63) is 53.4 Å². The minimum absolute atomic E-state index is 0.00220. The van der Waals surface area contributed by atoms with E-state index in [9.17, 15) is 23.1 Å². The van der Waals surface area contributed by atoms with Crippen LogP contribution in [-0.2, 0) is 22.9 Å². The summed E-state index contributed by atoms with van der Waals surface area (Å²) in [5.74, 6) is -1.68. The van der Waals surface area contributed by atoms with Gasteiger partial charge in [0.25, 0.3) is 0 Å². The molecule has 0 radical (unpaired) electrons. The van der Waals surface area contributed by atoms with E-state index in [0.29, 0.717) is 5.69 Å². The number of aryl methyl sites for hydroxylation is 1. The van der Waals surface area contributed by atoms with Crippen LogP contribution in [0.3, 0.4) is 0 Å². The molecule has 1 amide bonds. The lowest BCUT2D eigenvalue weighted by Gasteiger charge is -2.29. The molecular formula is C21H23F3N4O2S. The Kier molecular flexibility index (Phi) is 5.98. The maximum absolute atomic E-state index is 13.6. The summed E-state index contributed by atoms with van der Waals surface area (Å²) in [6, 6.07) is 7.79. The fourth-order valence-electron chi connectivity index (χ4n) is 3.07. The summed E-state index contributed by atoms with van der Waals surface area (Å²) in [6.07, 6.45) is -3.94. The highest BCUT2D eigenvalue weighted by Crippen LogP contribution is 2.41. The Balaban J connectivity index is 1.75. The molecule has 0 saturated carbocycles. The number of nitrogens with zero attached hydrogens (tertiary/aromatic N) is 3. The number of carbonyl (C=O) groups excluding carboxylic acids is 1. The van der Waals surface area contributed by atoms with Crippen LogP contribution in [0.2, 0.25) is 0 Å². The number of hydrogen-bond acceptors (Lipinski definition) is 5. The third-order valence-electron chi connectivity index (χ3n) is 4.87. The van der Waals surface area contributed by atoms with E-state index in [1.54, 1.807) is 5.38 Å².